The Morgan fingerprint density at radius 1 is 1.14 bits per heavy atom. The molecule has 110 valence electrons. The van der Waals surface area contributed by atoms with Crippen LogP contribution in [0.25, 0.3) is 11.1 Å². The van der Waals surface area contributed by atoms with Crippen molar-refractivity contribution in [2.45, 2.75) is 0 Å². The Labute approximate surface area is 128 Å². The summed E-state index contributed by atoms with van der Waals surface area (Å²) in [5.74, 6) is 1.63. The van der Waals surface area contributed by atoms with E-state index in [4.69, 9.17) is 16.3 Å². The van der Waals surface area contributed by atoms with Gasteiger partial charge in [0, 0.05) is 37.3 Å². The second kappa shape index (κ2) is 6.28. The van der Waals surface area contributed by atoms with E-state index in [0.717, 1.165) is 48.9 Å². The molecule has 1 saturated heterocycles. The molecule has 0 saturated carbocycles. The molecule has 0 spiro atoms. The fourth-order valence-electron chi connectivity index (χ4n) is 2.47. The van der Waals surface area contributed by atoms with E-state index in [1.165, 1.54) is 0 Å². The molecule has 0 atom stereocenters. The van der Waals surface area contributed by atoms with Gasteiger partial charge in [-0.3, -0.25) is 0 Å². The predicted molar refractivity (Wildman–Crippen MR) is 84.1 cm³/mol. The second-order valence-corrected chi connectivity index (χ2v) is 5.20. The molecule has 5 nitrogen and oxygen atoms in total. The SMILES string of the molecule is COc1ccccc1-c1cc(N2CCNCC2)nnc1Cl. The smallest absolute Gasteiger partial charge is 0.159 e. The molecule has 21 heavy (non-hydrogen) atoms. The Hall–Kier alpha value is -1.85. The zero-order valence-electron chi connectivity index (χ0n) is 11.8. The second-order valence-electron chi connectivity index (χ2n) is 4.84. The molecule has 1 fully saturated rings. The largest absolute Gasteiger partial charge is 0.496 e. The molecule has 1 aliphatic rings. The summed E-state index contributed by atoms with van der Waals surface area (Å²) in [5.41, 5.74) is 1.77. The van der Waals surface area contributed by atoms with Gasteiger partial charge in [-0.2, -0.15) is 0 Å². The predicted octanol–water partition coefficient (Wildman–Crippen LogP) is 2.22. The van der Waals surface area contributed by atoms with E-state index in [1.54, 1.807) is 7.11 Å². The fourth-order valence-corrected chi connectivity index (χ4v) is 2.67. The molecule has 1 aromatic carbocycles. The summed E-state index contributed by atoms with van der Waals surface area (Å²) in [7, 11) is 1.65. The quantitative estimate of drug-likeness (QED) is 0.942. The molecule has 6 heteroatoms. The Balaban J connectivity index is 2.01. The number of nitrogens with zero attached hydrogens (tertiary/aromatic N) is 3. The van der Waals surface area contributed by atoms with Crippen molar-refractivity contribution in [3.63, 3.8) is 0 Å². The van der Waals surface area contributed by atoms with Crippen LogP contribution in [0.3, 0.4) is 0 Å². The Bertz CT molecular complexity index is 629. The minimum Gasteiger partial charge on any atom is -0.496 e. The van der Waals surface area contributed by atoms with E-state index < -0.39 is 0 Å². The highest BCUT2D eigenvalue weighted by Gasteiger charge is 2.16. The fraction of sp³-hybridized carbons (Fsp3) is 0.333. The number of halogens is 1. The van der Waals surface area contributed by atoms with Crippen LogP contribution in [0.2, 0.25) is 5.15 Å². The minimum absolute atomic E-state index is 0.387. The van der Waals surface area contributed by atoms with Crippen LogP contribution in [0.4, 0.5) is 5.82 Å². The normalized spacial score (nSPS) is 15.0. The lowest BCUT2D eigenvalue weighted by molar-refractivity contribution is 0.416. The van der Waals surface area contributed by atoms with E-state index in [-0.39, 0.29) is 0 Å². The first-order valence-corrected chi connectivity index (χ1v) is 7.29. The molecule has 0 aliphatic carbocycles. The number of anilines is 1. The van der Waals surface area contributed by atoms with Crippen molar-refractivity contribution in [2.75, 3.05) is 38.2 Å². The number of aromatic nitrogens is 2. The summed E-state index contributed by atoms with van der Waals surface area (Å²) < 4.78 is 5.41. The molecular weight excluding hydrogens is 288 g/mol. The lowest BCUT2D eigenvalue weighted by Crippen LogP contribution is -2.44. The van der Waals surface area contributed by atoms with Gasteiger partial charge in [0.1, 0.15) is 5.75 Å². The number of methoxy groups -OCH3 is 1. The Morgan fingerprint density at radius 3 is 2.67 bits per heavy atom. The van der Waals surface area contributed by atoms with Gasteiger partial charge in [-0.15, -0.1) is 10.2 Å². The van der Waals surface area contributed by atoms with Gasteiger partial charge in [-0.05, 0) is 12.1 Å². The number of hydrogen-bond acceptors (Lipinski definition) is 5. The van der Waals surface area contributed by atoms with Crippen molar-refractivity contribution >= 4 is 17.4 Å². The van der Waals surface area contributed by atoms with Crippen molar-refractivity contribution < 1.29 is 4.74 Å². The van der Waals surface area contributed by atoms with Crippen molar-refractivity contribution in [1.82, 2.24) is 15.5 Å². The molecule has 0 bridgehead atoms. The first-order chi connectivity index (χ1) is 10.3. The van der Waals surface area contributed by atoms with Crippen LogP contribution < -0.4 is 15.0 Å². The molecule has 1 aliphatic heterocycles. The van der Waals surface area contributed by atoms with Crippen molar-refractivity contribution in [1.29, 1.82) is 0 Å². The van der Waals surface area contributed by atoms with Crippen molar-refractivity contribution in [3.8, 4) is 16.9 Å². The minimum atomic E-state index is 0.387. The molecule has 0 radical (unpaired) electrons. The van der Waals surface area contributed by atoms with Gasteiger partial charge in [0.15, 0.2) is 11.0 Å². The maximum absolute atomic E-state index is 6.24. The van der Waals surface area contributed by atoms with E-state index in [0.29, 0.717) is 5.15 Å². The third kappa shape index (κ3) is 2.94. The molecule has 2 heterocycles. The first-order valence-electron chi connectivity index (χ1n) is 6.92. The van der Waals surface area contributed by atoms with Crippen molar-refractivity contribution in [3.05, 3.63) is 35.5 Å². The van der Waals surface area contributed by atoms with Crippen LogP contribution in [-0.2, 0) is 0 Å². The van der Waals surface area contributed by atoms with Crippen LogP contribution in [0.5, 0.6) is 5.75 Å². The topological polar surface area (TPSA) is 50.3 Å². The molecule has 1 aromatic heterocycles. The maximum atomic E-state index is 6.24. The molecule has 0 unspecified atom stereocenters. The zero-order chi connectivity index (χ0) is 14.7. The third-order valence-corrected chi connectivity index (χ3v) is 3.85. The van der Waals surface area contributed by atoms with Crippen LogP contribution in [-0.4, -0.2) is 43.5 Å². The van der Waals surface area contributed by atoms with Gasteiger partial charge in [0.2, 0.25) is 0 Å². The van der Waals surface area contributed by atoms with E-state index in [9.17, 15) is 0 Å². The zero-order valence-corrected chi connectivity index (χ0v) is 12.6. The number of hydrogen-bond donors (Lipinski definition) is 1. The lowest BCUT2D eigenvalue weighted by Gasteiger charge is -2.28. The van der Waals surface area contributed by atoms with Crippen LogP contribution in [0, 0.1) is 0 Å². The summed E-state index contributed by atoms with van der Waals surface area (Å²) in [6.07, 6.45) is 0. The number of rotatable bonds is 3. The van der Waals surface area contributed by atoms with Crippen LogP contribution in [0.15, 0.2) is 30.3 Å². The molecular formula is C15H17ClN4O. The molecule has 0 amide bonds. The van der Waals surface area contributed by atoms with Gasteiger partial charge in [0.05, 0.1) is 7.11 Å². The summed E-state index contributed by atoms with van der Waals surface area (Å²) in [4.78, 5) is 2.21. The number of para-hydroxylation sites is 1. The average Bonchev–Trinajstić information content (AvgIpc) is 2.56. The van der Waals surface area contributed by atoms with Gasteiger partial charge in [-0.1, -0.05) is 29.8 Å². The summed E-state index contributed by atoms with van der Waals surface area (Å²) in [6, 6.07) is 9.76. The maximum Gasteiger partial charge on any atom is 0.159 e. The van der Waals surface area contributed by atoms with E-state index >= 15 is 0 Å². The first kappa shape index (κ1) is 14.1. The van der Waals surface area contributed by atoms with E-state index in [1.807, 2.05) is 30.3 Å². The summed E-state index contributed by atoms with van der Waals surface area (Å²) >= 11 is 6.24. The van der Waals surface area contributed by atoms with Gasteiger partial charge in [0.25, 0.3) is 0 Å². The highest BCUT2D eigenvalue weighted by atomic mass is 35.5. The number of piperazine rings is 1. The average molecular weight is 305 g/mol. The highest BCUT2D eigenvalue weighted by molar-refractivity contribution is 6.32. The highest BCUT2D eigenvalue weighted by Crippen LogP contribution is 2.34. The van der Waals surface area contributed by atoms with Crippen LogP contribution >= 0.6 is 11.6 Å². The lowest BCUT2D eigenvalue weighted by atomic mass is 10.1. The van der Waals surface area contributed by atoms with Gasteiger partial charge < -0.3 is 15.0 Å². The Kier molecular flexibility index (Phi) is 4.22. The number of benzene rings is 1. The molecule has 2 aromatic rings. The van der Waals surface area contributed by atoms with Gasteiger partial charge in [-0.25, -0.2) is 0 Å². The summed E-state index contributed by atoms with van der Waals surface area (Å²) in [5, 5.41) is 12.0. The molecule has 3 rings (SSSR count). The summed E-state index contributed by atoms with van der Waals surface area (Å²) in [6.45, 7) is 3.74. The van der Waals surface area contributed by atoms with Crippen molar-refractivity contribution in [2.24, 2.45) is 0 Å². The van der Waals surface area contributed by atoms with E-state index in [2.05, 4.69) is 20.4 Å². The third-order valence-electron chi connectivity index (χ3n) is 3.57. The van der Waals surface area contributed by atoms with Gasteiger partial charge >= 0.3 is 0 Å². The molecule has 1 N–H and O–H groups in total. The van der Waals surface area contributed by atoms with Crippen LogP contribution in [0.1, 0.15) is 0 Å². The Morgan fingerprint density at radius 2 is 1.90 bits per heavy atom. The number of ether oxygens (including phenoxy) is 1. The standard InChI is InChI=1S/C15H17ClN4O/c1-21-13-5-3-2-4-11(13)12-10-14(18-19-15(12)16)20-8-6-17-7-9-20/h2-5,10,17H,6-9H2,1H3. The monoisotopic (exact) mass is 304 g/mol. The number of nitrogens with one attached hydrogen (secondary N) is 1.